The van der Waals surface area contributed by atoms with Crippen LogP contribution in [-0.4, -0.2) is 38.8 Å². The molecule has 1 aromatic heterocycles. The van der Waals surface area contributed by atoms with Crippen LogP contribution in [0.3, 0.4) is 0 Å². The van der Waals surface area contributed by atoms with Crippen molar-refractivity contribution in [2.45, 2.75) is 24.9 Å². The van der Waals surface area contributed by atoms with Gasteiger partial charge in [-0.3, -0.25) is 14.4 Å². The molecule has 5 heteroatoms. The van der Waals surface area contributed by atoms with E-state index >= 15 is 0 Å². The maximum atomic E-state index is 12.1. The Balaban J connectivity index is 1.44. The van der Waals surface area contributed by atoms with Crippen LogP contribution in [0.15, 0.2) is 73.1 Å². The molecule has 1 unspecified atom stereocenters. The number of aromatic nitrogens is 2. The number of aliphatic carboxylic acids is 1. The van der Waals surface area contributed by atoms with Crippen LogP contribution in [0.4, 0.5) is 0 Å². The van der Waals surface area contributed by atoms with Crippen LogP contribution < -0.4 is 0 Å². The summed E-state index contributed by atoms with van der Waals surface area (Å²) in [4.78, 5) is 14.3. The molecule has 1 aliphatic rings. The lowest BCUT2D eigenvalue weighted by molar-refractivity contribution is -0.143. The first-order valence-corrected chi connectivity index (χ1v) is 9.22. The van der Waals surface area contributed by atoms with Gasteiger partial charge in [0.25, 0.3) is 0 Å². The van der Waals surface area contributed by atoms with E-state index in [1.165, 1.54) is 11.1 Å². The second-order valence-corrected chi connectivity index (χ2v) is 7.23. The van der Waals surface area contributed by atoms with E-state index < -0.39 is 11.4 Å². The first-order valence-electron chi connectivity index (χ1n) is 9.22. The molecule has 27 heavy (non-hydrogen) atoms. The number of likely N-dealkylation sites (tertiary alicyclic amines) is 1. The van der Waals surface area contributed by atoms with Crippen LogP contribution in [0.5, 0.6) is 0 Å². The Hall–Kier alpha value is -2.92. The van der Waals surface area contributed by atoms with Crippen LogP contribution in [0, 0.1) is 0 Å². The fourth-order valence-corrected chi connectivity index (χ4v) is 3.90. The van der Waals surface area contributed by atoms with E-state index in [4.69, 9.17) is 0 Å². The van der Waals surface area contributed by atoms with Crippen molar-refractivity contribution in [1.29, 1.82) is 0 Å². The molecule has 1 atom stereocenters. The molecule has 1 fully saturated rings. The predicted octanol–water partition coefficient (Wildman–Crippen LogP) is 3.16. The molecule has 1 aliphatic heterocycles. The smallest absolute Gasteiger partial charge is 0.315 e. The van der Waals surface area contributed by atoms with Gasteiger partial charge in [-0.15, -0.1) is 0 Å². The quantitative estimate of drug-likeness (QED) is 0.733. The normalized spacial score (nSPS) is 20.0. The monoisotopic (exact) mass is 361 g/mol. The lowest BCUT2D eigenvalue weighted by atomic mass is 9.80. The van der Waals surface area contributed by atoms with E-state index in [0.29, 0.717) is 13.0 Å². The third-order valence-corrected chi connectivity index (χ3v) is 5.42. The Morgan fingerprint density at radius 3 is 2.33 bits per heavy atom. The number of benzene rings is 2. The molecule has 0 saturated carbocycles. The summed E-state index contributed by atoms with van der Waals surface area (Å²) in [6.07, 6.45) is 4.38. The molecule has 3 aromatic rings. The molecule has 0 amide bonds. The second kappa shape index (κ2) is 7.37. The summed E-state index contributed by atoms with van der Waals surface area (Å²) in [6, 6.07) is 20.0. The third kappa shape index (κ3) is 3.64. The summed E-state index contributed by atoms with van der Waals surface area (Å²) < 4.78 is 1.90. The van der Waals surface area contributed by atoms with Crippen molar-refractivity contribution in [3.05, 3.63) is 89.7 Å². The van der Waals surface area contributed by atoms with Gasteiger partial charge in [0.15, 0.2) is 0 Å². The van der Waals surface area contributed by atoms with Crippen molar-refractivity contribution in [2.24, 2.45) is 0 Å². The van der Waals surface area contributed by atoms with Gasteiger partial charge in [0.1, 0.15) is 5.41 Å². The number of nitrogens with zero attached hydrogens (tertiary/aromatic N) is 3. The number of carboxylic acids is 1. The fraction of sp³-hybridized carbons (Fsp3) is 0.273. The van der Waals surface area contributed by atoms with Crippen LogP contribution in [0.1, 0.15) is 23.1 Å². The van der Waals surface area contributed by atoms with Crippen LogP contribution in [0.25, 0.3) is 0 Å². The van der Waals surface area contributed by atoms with Crippen molar-refractivity contribution < 1.29 is 9.90 Å². The van der Waals surface area contributed by atoms with Crippen molar-refractivity contribution in [2.75, 3.05) is 13.1 Å². The number of carbonyl (C=O) groups is 1. The molecular formula is C22H23N3O2. The SMILES string of the molecule is O=C(O)C1(c2ccccc2)CCN(Cc2ccc(Cn3cccn3)cc2)C1. The molecule has 1 saturated heterocycles. The zero-order chi connectivity index (χ0) is 18.7. The van der Waals surface area contributed by atoms with Gasteiger partial charge in [-0.2, -0.15) is 5.10 Å². The van der Waals surface area contributed by atoms with Gasteiger partial charge in [-0.25, -0.2) is 0 Å². The lowest BCUT2D eigenvalue weighted by Crippen LogP contribution is -2.38. The topological polar surface area (TPSA) is 58.4 Å². The van der Waals surface area contributed by atoms with Crippen LogP contribution >= 0.6 is 0 Å². The highest BCUT2D eigenvalue weighted by atomic mass is 16.4. The fourth-order valence-electron chi connectivity index (χ4n) is 3.90. The largest absolute Gasteiger partial charge is 0.481 e. The lowest BCUT2D eigenvalue weighted by Gasteiger charge is -2.25. The van der Waals surface area contributed by atoms with Gasteiger partial charge in [-0.05, 0) is 29.2 Å². The third-order valence-electron chi connectivity index (χ3n) is 5.42. The van der Waals surface area contributed by atoms with Crippen LogP contribution in [0.2, 0.25) is 0 Å². The average molecular weight is 361 g/mol. The summed E-state index contributed by atoms with van der Waals surface area (Å²) in [5.74, 6) is -0.731. The molecule has 0 spiro atoms. The first-order chi connectivity index (χ1) is 13.2. The maximum Gasteiger partial charge on any atom is 0.315 e. The average Bonchev–Trinajstić information content (AvgIpc) is 3.35. The number of carboxylic acid groups (broad SMARTS) is 1. The number of rotatable bonds is 6. The summed E-state index contributed by atoms with van der Waals surface area (Å²) >= 11 is 0. The second-order valence-electron chi connectivity index (χ2n) is 7.23. The first kappa shape index (κ1) is 17.5. The molecular weight excluding hydrogens is 338 g/mol. The Kier molecular flexibility index (Phi) is 4.77. The zero-order valence-electron chi connectivity index (χ0n) is 15.2. The standard InChI is InChI=1S/C22H23N3O2/c26-21(27)22(20-5-2-1-3-6-20)11-14-24(17-22)15-18-7-9-19(10-8-18)16-25-13-4-12-23-25/h1-10,12-13H,11,14-17H2,(H,26,27). The van der Waals surface area contributed by atoms with E-state index in [9.17, 15) is 9.90 Å². The van der Waals surface area contributed by atoms with E-state index in [1.807, 2.05) is 47.3 Å². The molecule has 2 heterocycles. The zero-order valence-corrected chi connectivity index (χ0v) is 15.2. The van der Waals surface area contributed by atoms with Crippen LogP contribution in [-0.2, 0) is 23.3 Å². The number of hydrogen-bond acceptors (Lipinski definition) is 3. The van der Waals surface area contributed by atoms with Crippen molar-refractivity contribution >= 4 is 5.97 Å². The summed E-state index contributed by atoms with van der Waals surface area (Å²) in [5, 5.41) is 14.2. The van der Waals surface area contributed by atoms with Crippen molar-refractivity contribution in [1.82, 2.24) is 14.7 Å². The molecule has 5 nitrogen and oxygen atoms in total. The Morgan fingerprint density at radius 1 is 1.00 bits per heavy atom. The van der Waals surface area contributed by atoms with Gasteiger partial charge in [0, 0.05) is 32.0 Å². The van der Waals surface area contributed by atoms with Gasteiger partial charge in [-0.1, -0.05) is 54.6 Å². The Bertz CT molecular complexity index is 891. The van der Waals surface area contributed by atoms with Gasteiger partial charge < -0.3 is 5.11 Å². The van der Waals surface area contributed by atoms with Gasteiger partial charge in [0.05, 0.1) is 6.54 Å². The Morgan fingerprint density at radius 2 is 1.70 bits per heavy atom. The highest BCUT2D eigenvalue weighted by molar-refractivity contribution is 5.82. The predicted molar refractivity (Wildman–Crippen MR) is 103 cm³/mol. The van der Waals surface area contributed by atoms with Crippen molar-refractivity contribution in [3.63, 3.8) is 0 Å². The van der Waals surface area contributed by atoms with E-state index in [1.54, 1.807) is 6.20 Å². The Labute approximate surface area is 158 Å². The van der Waals surface area contributed by atoms with E-state index in [-0.39, 0.29) is 0 Å². The molecule has 0 radical (unpaired) electrons. The van der Waals surface area contributed by atoms with E-state index in [2.05, 4.69) is 34.3 Å². The van der Waals surface area contributed by atoms with Crippen molar-refractivity contribution in [3.8, 4) is 0 Å². The summed E-state index contributed by atoms with van der Waals surface area (Å²) in [6.45, 7) is 2.86. The minimum absolute atomic E-state index is 0.543. The summed E-state index contributed by atoms with van der Waals surface area (Å²) in [5.41, 5.74) is 2.50. The summed E-state index contributed by atoms with van der Waals surface area (Å²) in [7, 11) is 0. The minimum Gasteiger partial charge on any atom is -0.481 e. The maximum absolute atomic E-state index is 12.1. The molecule has 138 valence electrons. The molecule has 1 N–H and O–H groups in total. The van der Waals surface area contributed by atoms with Gasteiger partial charge in [0.2, 0.25) is 0 Å². The highest BCUT2D eigenvalue weighted by Crippen LogP contribution is 2.35. The molecule has 0 bridgehead atoms. The molecule has 0 aliphatic carbocycles. The number of hydrogen-bond donors (Lipinski definition) is 1. The minimum atomic E-state index is -0.804. The highest BCUT2D eigenvalue weighted by Gasteiger charge is 2.46. The molecule has 2 aromatic carbocycles. The van der Waals surface area contributed by atoms with E-state index in [0.717, 1.165) is 25.2 Å². The van der Waals surface area contributed by atoms with Gasteiger partial charge >= 0.3 is 5.97 Å². The molecule has 4 rings (SSSR count).